The van der Waals surface area contributed by atoms with Crippen LogP contribution < -0.4 is 5.32 Å². The number of nitrogens with one attached hydrogen (secondary N) is 2. The first-order valence-electron chi connectivity index (χ1n) is 9.12. The zero-order valence-electron chi connectivity index (χ0n) is 15.6. The van der Waals surface area contributed by atoms with E-state index in [0.29, 0.717) is 17.8 Å². The fourth-order valence-corrected chi connectivity index (χ4v) is 3.52. The van der Waals surface area contributed by atoms with Crippen molar-refractivity contribution in [3.63, 3.8) is 0 Å². The third-order valence-electron chi connectivity index (χ3n) is 4.95. The molecule has 3 aromatic heterocycles. The number of aryl methyl sites for hydroxylation is 1. The van der Waals surface area contributed by atoms with Gasteiger partial charge in [0.2, 0.25) is 11.9 Å². The quantitative estimate of drug-likeness (QED) is 0.557. The molecule has 1 aromatic carbocycles. The van der Waals surface area contributed by atoms with Crippen LogP contribution in [-0.4, -0.2) is 48.1 Å². The largest absolute Gasteiger partial charge is 0.325 e. The van der Waals surface area contributed by atoms with Crippen molar-refractivity contribution < 1.29 is 9.59 Å². The van der Waals surface area contributed by atoms with Gasteiger partial charge in [-0.1, -0.05) is 18.2 Å². The van der Waals surface area contributed by atoms with Crippen LogP contribution in [0, 0.1) is 6.92 Å². The summed E-state index contributed by atoms with van der Waals surface area (Å²) in [5.41, 5.74) is 5.04. The molecule has 0 radical (unpaired) electrons. The first-order chi connectivity index (χ1) is 14.1. The molecule has 4 heterocycles. The SMILES string of the molecule is Cc1[nH]ncc1-c1ccc2nc(NC(=O)CN3Cc4ccccc4C3=O)nn2c1. The van der Waals surface area contributed by atoms with Crippen molar-refractivity contribution in [3.05, 3.63) is 65.6 Å². The number of fused-ring (bicyclic) bond motifs is 2. The molecule has 5 rings (SSSR count). The molecule has 9 nitrogen and oxygen atoms in total. The van der Waals surface area contributed by atoms with Crippen molar-refractivity contribution in [1.82, 2.24) is 29.7 Å². The van der Waals surface area contributed by atoms with Crippen LogP contribution >= 0.6 is 0 Å². The highest BCUT2D eigenvalue weighted by atomic mass is 16.2. The summed E-state index contributed by atoms with van der Waals surface area (Å²) in [4.78, 5) is 30.7. The van der Waals surface area contributed by atoms with Gasteiger partial charge in [0.15, 0.2) is 5.65 Å². The zero-order valence-corrected chi connectivity index (χ0v) is 15.6. The summed E-state index contributed by atoms with van der Waals surface area (Å²) in [6, 6.07) is 11.1. The number of carbonyl (C=O) groups excluding carboxylic acids is 2. The Bertz CT molecular complexity index is 1260. The fourth-order valence-electron chi connectivity index (χ4n) is 3.52. The van der Waals surface area contributed by atoms with Gasteiger partial charge in [0.05, 0.1) is 6.20 Å². The molecule has 144 valence electrons. The lowest BCUT2D eigenvalue weighted by molar-refractivity contribution is -0.117. The number of carbonyl (C=O) groups is 2. The second-order valence-electron chi connectivity index (χ2n) is 6.93. The van der Waals surface area contributed by atoms with Crippen LogP contribution in [0.1, 0.15) is 21.6 Å². The van der Waals surface area contributed by atoms with Crippen LogP contribution in [-0.2, 0) is 11.3 Å². The van der Waals surface area contributed by atoms with Crippen LogP contribution in [0.4, 0.5) is 5.95 Å². The Kier molecular flexibility index (Phi) is 3.87. The average Bonchev–Trinajstić information content (AvgIpc) is 3.39. The molecule has 0 saturated carbocycles. The van der Waals surface area contributed by atoms with E-state index in [1.54, 1.807) is 16.8 Å². The van der Waals surface area contributed by atoms with Crippen LogP contribution in [0.5, 0.6) is 0 Å². The maximum atomic E-state index is 12.4. The summed E-state index contributed by atoms with van der Waals surface area (Å²) in [6.07, 6.45) is 3.58. The molecule has 0 unspecified atom stereocenters. The molecule has 2 amide bonds. The van der Waals surface area contributed by atoms with Gasteiger partial charge in [0.25, 0.3) is 5.91 Å². The third-order valence-corrected chi connectivity index (χ3v) is 4.95. The summed E-state index contributed by atoms with van der Waals surface area (Å²) in [5.74, 6) is -0.285. The number of aromatic amines is 1. The molecule has 0 saturated heterocycles. The van der Waals surface area contributed by atoms with Crippen LogP contribution in [0.2, 0.25) is 0 Å². The first-order valence-corrected chi connectivity index (χ1v) is 9.12. The minimum absolute atomic E-state index is 0.0530. The van der Waals surface area contributed by atoms with Crippen molar-refractivity contribution in [2.75, 3.05) is 11.9 Å². The molecule has 0 bridgehead atoms. The lowest BCUT2D eigenvalue weighted by Crippen LogP contribution is -2.33. The van der Waals surface area contributed by atoms with E-state index in [9.17, 15) is 9.59 Å². The number of hydrogen-bond acceptors (Lipinski definition) is 5. The molecule has 4 aromatic rings. The van der Waals surface area contributed by atoms with E-state index in [1.165, 1.54) is 4.90 Å². The monoisotopic (exact) mass is 387 g/mol. The van der Waals surface area contributed by atoms with Gasteiger partial charge in [-0.15, -0.1) is 5.10 Å². The van der Waals surface area contributed by atoms with Crippen LogP contribution in [0.15, 0.2) is 48.8 Å². The maximum Gasteiger partial charge on any atom is 0.254 e. The molecule has 1 aliphatic heterocycles. The third kappa shape index (κ3) is 3.02. The molecular weight excluding hydrogens is 370 g/mol. The van der Waals surface area contributed by atoms with E-state index in [2.05, 4.69) is 25.6 Å². The van der Waals surface area contributed by atoms with Gasteiger partial charge in [0, 0.05) is 35.1 Å². The summed E-state index contributed by atoms with van der Waals surface area (Å²) >= 11 is 0. The van der Waals surface area contributed by atoms with E-state index >= 15 is 0 Å². The number of amides is 2. The number of hydrogen-bond donors (Lipinski definition) is 2. The molecule has 0 aliphatic carbocycles. The predicted molar refractivity (Wildman–Crippen MR) is 105 cm³/mol. The van der Waals surface area contributed by atoms with E-state index in [1.807, 2.05) is 43.5 Å². The first kappa shape index (κ1) is 17.1. The molecule has 0 atom stereocenters. The molecule has 29 heavy (non-hydrogen) atoms. The van der Waals surface area contributed by atoms with E-state index in [0.717, 1.165) is 22.4 Å². The van der Waals surface area contributed by atoms with Gasteiger partial charge in [-0.2, -0.15) is 10.1 Å². The maximum absolute atomic E-state index is 12.4. The van der Waals surface area contributed by atoms with Gasteiger partial charge >= 0.3 is 0 Å². The van der Waals surface area contributed by atoms with Crippen molar-refractivity contribution >= 4 is 23.4 Å². The Morgan fingerprint density at radius 1 is 1.21 bits per heavy atom. The van der Waals surface area contributed by atoms with Gasteiger partial charge < -0.3 is 4.90 Å². The summed E-state index contributed by atoms with van der Waals surface area (Å²) in [6.45, 7) is 2.31. The van der Waals surface area contributed by atoms with Gasteiger partial charge in [-0.05, 0) is 30.7 Å². The Balaban J connectivity index is 1.31. The van der Waals surface area contributed by atoms with Crippen molar-refractivity contribution in [2.45, 2.75) is 13.5 Å². The summed E-state index contributed by atoms with van der Waals surface area (Å²) < 4.78 is 1.61. The summed E-state index contributed by atoms with van der Waals surface area (Å²) in [5, 5.41) is 13.9. The number of anilines is 1. The Labute approximate surface area is 165 Å². The molecule has 9 heteroatoms. The second kappa shape index (κ2) is 6.55. The topological polar surface area (TPSA) is 108 Å². The number of aromatic nitrogens is 5. The highest BCUT2D eigenvalue weighted by Gasteiger charge is 2.28. The Morgan fingerprint density at radius 2 is 2.07 bits per heavy atom. The van der Waals surface area contributed by atoms with Crippen molar-refractivity contribution in [1.29, 1.82) is 0 Å². The minimum atomic E-state index is -0.340. The standard InChI is InChI=1S/C20H17N7O2/c1-12-16(8-21-24-12)14-6-7-17-22-20(25-27(17)10-14)23-18(28)11-26-9-13-4-2-3-5-15(13)19(26)29/h2-8,10H,9,11H2,1H3,(H,21,24)(H,23,25,28). The van der Waals surface area contributed by atoms with E-state index in [4.69, 9.17) is 0 Å². The van der Waals surface area contributed by atoms with Crippen molar-refractivity contribution in [3.8, 4) is 11.1 Å². The smallest absolute Gasteiger partial charge is 0.254 e. The van der Waals surface area contributed by atoms with Crippen molar-refractivity contribution in [2.24, 2.45) is 0 Å². The van der Waals surface area contributed by atoms with Gasteiger partial charge in [0.1, 0.15) is 6.54 Å². The van der Waals surface area contributed by atoms with Gasteiger partial charge in [-0.25, -0.2) is 4.52 Å². The lowest BCUT2D eigenvalue weighted by atomic mass is 10.1. The Hall–Kier alpha value is -4.01. The van der Waals surface area contributed by atoms with E-state index in [-0.39, 0.29) is 24.3 Å². The molecular formula is C20H17N7O2. The highest BCUT2D eigenvalue weighted by Crippen LogP contribution is 2.23. The number of H-pyrrole nitrogens is 1. The van der Waals surface area contributed by atoms with Gasteiger partial charge in [-0.3, -0.25) is 20.0 Å². The fraction of sp³-hybridized carbons (Fsp3) is 0.150. The number of nitrogens with zero attached hydrogens (tertiary/aromatic N) is 5. The average molecular weight is 387 g/mol. The molecule has 2 N–H and O–H groups in total. The van der Waals surface area contributed by atoms with Crippen LogP contribution in [0.3, 0.4) is 0 Å². The van der Waals surface area contributed by atoms with Crippen LogP contribution in [0.25, 0.3) is 16.8 Å². The highest BCUT2D eigenvalue weighted by molar-refractivity contribution is 6.01. The number of pyridine rings is 1. The summed E-state index contributed by atoms with van der Waals surface area (Å²) in [7, 11) is 0. The molecule has 1 aliphatic rings. The lowest BCUT2D eigenvalue weighted by Gasteiger charge is -2.14. The predicted octanol–water partition coefficient (Wildman–Crippen LogP) is 2.02. The zero-order chi connectivity index (χ0) is 20.0. The molecule has 0 spiro atoms. The van der Waals surface area contributed by atoms with E-state index < -0.39 is 0 Å². The second-order valence-corrected chi connectivity index (χ2v) is 6.93. The number of rotatable bonds is 4. The Morgan fingerprint density at radius 3 is 2.86 bits per heavy atom. The normalized spacial score (nSPS) is 13.1. The minimum Gasteiger partial charge on any atom is -0.325 e. The molecule has 0 fully saturated rings. The number of benzene rings is 1.